The number of nitrogen functional groups attached to an aromatic ring is 1. The predicted molar refractivity (Wildman–Crippen MR) is 144 cm³/mol. The van der Waals surface area contributed by atoms with Crippen LogP contribution in [0.25, 0.3) is 11.1 Å². The third kappa shape index (κ3) is 5.73. The quantitative estimate of drug-likeness (QED) is 0.197. The van der Waals surface area contributed by atoms with Gasteiger partial charge in [0.1, 0.15) is 12.4 Å². The Morgan fingerprint density at radius 2 is 1.41 bits per heavy atom. The lowest BCUT2D eigenvalue weighted by Gasteiger charge is -2.18. The Kier molecular flexibility index (Phi) is 7.87. The van der Waals surface area contributed by atoms with E-state index in [-0.39, 0.29) is 0 Å². The van der Waals surface area contributed by atoms with Crippen molar-refractivity contribution in [1.82, 2.24) is 4.90 Å². The van der Waals surface area contributed by atoms with Crippen molar-refractivity contribution in [2.75, 3.05) is 32.0 Å². The van der Waals surface area contributed by atoms with Gasteiger partial charge in [-0.1, -0.05) is 43.3 Å². The lowest BCUT2D eigenvalue weighted by atomic mass is 9.88. The molecule has 0 aromatic heterocycles. The number of allylic oxidation sites excluding steroid dienone is 1. The molecular formula is C28H31IN2O. The molecule has 32 heavy (non-hydrogen) atoms. The number of ether oxygens (including phenoxy) is 1. The van der Waals surface area contributed by atoms with Crippen LogP contribution in [-0.4, -0.2) is 31.1 Å². The molecule has 1 aliphatic rings. The normalized spacial score (nSPS) is 14.9. The highest BCUT2D eigenvalue weighted by Gasteiger charge is 2.14. The third-order valence-electron chi connectivity index (χ3n) is 6.07. The molecule has 4 rings (SSSR count). The van der Waals surface area contributed by atoms with Gasteiger partial charge in [0.25, 0.3) is 0 Å². The van der Waals surface area contributed by atoms with E-state index < -0.39 is 0 Å². The van der Waals surface area contributed by atoms with Gasteiger partial charge in [0, 0.05) is 15.8 Å². The number of nitrogens with zero attached hydrogens (tertiary/aromatic N) is 1. The lowest BCUT2D eigenvalue weighted by Crippen LogP contribution is -2.25. The number of benzene rings is 3. The molecular weight excluding hydrogens is 507 g/mol. The zero-order valence-electron chi connectivity index (χ0n) is 18.7. The average Bonchev–Trinajstić information content (AvgIpc) is 3.33. The summed E-state index contributed by atoms with van der Waals surface area (Å²) in [7, 11) is 0. The van der Waals surface area contributed by atoms with Crippen LogP contribution in [0.1, 0.15) is 42.9 Å². The minimum absolute atomic E-state index is 0.741. The van der Waals surface area contributed by atoms with Crippen LogP contribution in [0.3, 0.4) is 0 Å². The van der Waals surface area contributed by atoms with Gasteiger partial charge in [-0.15, -0.1) is 0 Å². The second-order valence-electron chi connectivity index (χ2n) is 8.26. The molecule has 0 unspecified atom stereocenters. The van der Waals surface area contributed by atoms with Crippen LogP contribution in [0.2, 0.25) is 0 Å². The Bertz CT molecular complexity index is 1030. The van der Waals surface area contributed by atoms with Gasteiger partial charge < -0.3 is 10.5 Å². The first-order valence-corrected chi connectivity index (χ1v) is 12.5. The van der Waals surface area contributed by atoms with E-state index in [4.69, 9.17) is 10.5 Å². The standard InChI is InChI=1S/C28H31IN2O/c1-2-27(21-7-13-25(30)14-8-21)28(22-5-11-24(29)12-6-22)23-9-15-26(16-10-23)32-20-19-31-17-3-4-18-31/h5-16H,2-4,17-20,30H2,1H3/b28-27-. The maximum absolute atomic E-state index is 6.04. The minimum atomic E-state index is 0.741. The van der Waals surface area contributed by atoms with E-state index in [9.17, 15) is 0 Å². The monoisotopic (exact) mass is 538 g/mol. The van der Waals surface area contributed by atoms with E-state index in [1.54, 1.807) is 0 Å². The first-order valence-electron chi connectivity index (χ1n) is 11.4. The first kappa shape index (κ1) is 22.9. The zero-order valence-corrected chi connectivity index (χ0v) is 20.8. The summed E-state index contributed by atoms with van der Waals surface area (Å²) in [4.78, 5) is 2.48. The Morgan fingerprint density at radius 3 is 2.00 bits per heavy atom. The minimum Gasteiger partial charge on any atom is -0.492 e. The smallest absolute Gasteiger partial charge is 0.119 e. The van der Waals surface area contributed by atoms with Crippen molar-refractivity contribution in [1.29, 1.82) is 0 Å². The summed E-state index contributed by atoms with van der Waals surface area (Å²) in [6.07, 6.45) is 3.56. The Balaban J connectivity index is 1.63. The summed E-state index contributed by atoms with van der Waals surface area (Å²) in [6, 6.07) is 25.5. The van der Waals surface area contributed by atoms with Gasteiger partial charge >= 0.3 is 0 Å². The van der Waals surface area contributed by atoms with Crippen LogP contribution < -0.4 is 10.5 Å². The maximum Gasteiger partial charge on any atom is 0.119 e. The fourth-order valence-electron chi connectivity index (χ4n) is 4.36. The van der Waals surface area contributed by atoms with E-state index >= 15 is 0 Å². The number of halogens is 1. The molecule has 3 aromatic rings. The summed E-state index contributed by atoms with van der Waals surface area (Å²) < 4.78 is 7.27. The van der Waals surface area contributed by atoms with Gasteiger partial charge in [-0.05, 0) is 119 Å². The van der Waals surface area contributed by atoms with Crippen molar-refractivity contribution >= 4 is 39.4 Å². The highest BCUT2D eigenvalue weighted by atomic mass is 127. The number of rotatable bonds is 8. The molecule has 0 saturated carbocycles. The van der Waals surface area contributed by atoms with Gasteiger partial charge in [-0.25, -0.2) is 0 Å². The van der Waals surface area contributed by atoms with Crippen molar-refractivity contribution in [3.63, 3.8) is 0 Å². The van der Waals surface area contributed by atoms with E-state index in [0.717, 1.165) is 31.0 Å². The summed E-state index contributed by atoms with van der Waals surface area (Å²) in [5.41, 5.74) is 12.9. The molecule has 0 bridgehead atoms. The summed E-state index contributed by atoms with van der Waals surface area (Å²) >= 11 is 2.36. The third-order valence-corrected chi connectivity index (χ3v) is 6.78. The number of anilines is 1. The van der Waals surface area contributed by atoms with Crippen LogP contribution in [0.5, 0.6) is 5.75 Å². The second-order valence-corrected chi connectivity index (χ2v) is 9.50. The van der Waals surface area contributed by atoms with Crippen LogP contribution in [0.4, 0.5) is 5.69 Å². The van der Waals surface area contributed by atoms with Crippen molar-refractivity contribution < 1.29 is 4.74 Å². The zero-order chi connectivity index (χ0) is 22.3. The highest BCUT2D eigenvalue weighted by Crippen LogP contribution is 2.35. The Labute approximate surface area is 205 Å². The molecule has 2 N–H and O–H groups in total. The molecule has 1 heterocycles. The Hall–Kier alpha value is -2.31. The number of likely N-dealkylation sites (tertiary alicyclic amines) is 1. The van der Waals surface area contributed by atoms with Gasteiger partial charge in [0.2, 0.25) is 0 Å². The van der Waals surface area contributed by atoms with Crippen LogP contribution in [0, 0.1) is 3.57 Å². The van der Waals surface area contributed by atoms with E-state index in [1.807, 2.05) is 12.1 Å². The first-order chi connectivity index (χ1) is 15.6. The molecule has 0 aliphatic carbocycles. The molecule has 0 spiro atoms. The second kappa shape index (κ2) is 11.0. The molecule has 0 radical (unpaired) electrons. The molecule has 1 fully saturated rings. The average molecular weight is 538 g/mol. The molecule has 4 heteroatoms. The number of hydrogen-bond acceptors (Lipinski definition) is 3. The van der Waals surface area contributed by atoms with Crippen molar-refractivity contribution in [3.05, 3.63) is 93.1 Å². The van der Waals surface area contributed by atoms with E-state index in [1.165, 1.54) is 57.3 Å². The van der Waals surface area contributed by atoms with Crippen LogP contribution >= 0.6 is 22.6 Å². The van der Waals surface area contributed by atoms with Crippen molar-refractivity contribution in [2.24, 2.45) is 0 Å². The largest absolute Gasteiger partial charge is 0.492 e. The molecule has 3 aromatic carbocycles. The van der Waals surface area contributed by atoms with Crippen molar-refractivity contribution in [2.45, 2.75) is 26.2 Å². The molecule has 0 atom stereocenters. The summed E-state index contributed by atoms with van der Waals surface area (Å²) in [6.45, 7) is 6.38. The Morgan fingerprint density at radius 1 is 0.844 bits per heavy atom. The van der Waals surface area contributed by atoms with Crippen molar-refractivity contribution in [3.8, 4) is 5.75 Å². The SMILES string of the molecule is CC/C(=C(\c1ccc(I)cc1)c1ccc(OCCN2CCCC2)cc1)c1ccc(N)cc1. The molecule has 3 nitrogen and oxygen atoms in total. The van der Waals surface area contributed by atoms with Crippen LogP contribution in [-0.2, 0) is 0 Å². The van der Waals surface area contributed by atoms with E-state index in [0.29, 0.717) is 0 Å². The lowest BCUT2D eigenvalue weighted by molar-refractivity contribution is 0.238. The van der Waals surface area contributed by atoms with Gasteiger partial charge in [-0.2, -0.15) is 0 Å². The summed E-state index contributed by atoms with van der Waals surface area (Å²) in [5.74, 6) is 0.931. The number of nitrogens with two attached hydrogens (primary N) is 1. The van der Waals surface area contributed by atoms with Crippen LogP contribution in [0.15, 0.2) is 72.8 Å². The highest BCUT2D eigenvalue weighted by molar-refractivity contribution is 14.1. The van der Waals surface area contributed by atoms with Gasteiger partial charge in [0.15, 0.2) is 0 Å². The molecule has 166 valence electrons. The fraction of sp³-hybridized carbons (Fsp3) is 0.286. The van der Waals surface area contributed by atoms with E-state index in [2.05, 4.69) is 95.1 Å². The summed E-state index contributed by atoms with van der Waals surface area (Å²) in [5, 5.41) is 0. The molecule has 1 aliphatic heterocycles. The van der Waals surface area contributed by atoms with Gasteiger partial charge in [0.05, 0.1) is 0 Å². The maximum atomic E-state index is 6.04. The van der Waals surface area contributed by atoms with Gasteiger partial charge in [-0.3, -0.25) is 4.90 Å². The number of hydrogen-bond donors (Lipinski definition) is 1. The molecule has 1 saturated heterocycles. The molecule has 0 amide bonds. The predicted octanol–water partition coefficient (Wildman–Crippen LogP) is 6.72. The topological polar surface area (TPSA) is 38.5 Å². The fourth-order valence-corrected chi connectivity index (χ4v) is 4.72.